The van der Waals surface area contributed by atoms with Gasteiger partial charge in [0.2, 0.25) is 5.75 Å². The second kappa shape index (κ2) is 6.49. The zero-order chi connectivity index (χ0) is 17.1. The zero-order valence-corrected chi connectivity index (χ0v) is 13.5. The fraction of sp³-hybridized carbons (Fsp3) is 0.176. The Morgan fingerprint density at radius 1 is 1.04 bits per heavy atom. The van der Waals surface area contributed by atoms with Gasteiger partial charge in [-0.2, -0.15) is 0 Å². The van der Waals surface area contributed by atoms with Gasteiger partial charge >= 0.3 is 0 Å². The molecule has 2 aromatic carbocycles. The van der Waals surface area contributed by atoms with E-state index in [1.807, 2.05) is 0 Å². The molecular formula is C17H16N2O5. The van der Waals surface area contributed by atoms with Crippen LogP contribution in [0.3, 0.4) is 0 Å². The number of carbonyl (C=O) groups is 1. The van der Waals surface area contributed by atoms with Gasteiger partial charge in [-0.3, -0.25) is 4.79 Å². The molecule has 0 spiro atoms. The quantitative estimate of drug-likeness (QED) is 0.775. The summed E-state index contributed by atoms with van der Waals surface area (Å²) >= 11 is 0. The monoisotopic (exact) mass is 328 g/mol. The van der Waals surface area contributed by atoms with Gasteiger partial charge in [-0.05, 0) is 24.3 Å². The Hall–Kier alpha value is -3.22. The van der Waals surface area contributed by atoms with Crippen LogP contribution in [0.4, 0.5) is 5.69 Å². The summed E-state index contributed by atoms with van der Waals surface area (Å²) in [4.78, 5) is 16.6. The third kappa shape index (κ3) is 2.83. The van der Waals surface area contributed by atoms with E-state index in [0.717, 1.165) is 5.52 Å². The van der Waals surface area contributed by atoms with Crippen molar-refractivity contribution in [1.29, 1.82) is 0 Å². The average Bonchev–Trinajstić information content (AvgIpc) is 3.07. The maximum absolute atomic E-state index is 12.5. The van der Waals surface area contributed by atoms with Crippen molar-refractivity contribution in [3.8, 4) is 17.2 Å². The number of nitrogens with zero attached hydrogens (tertiary/aromatic N) is 1. The highest BCUT2D eigenvalue weighted by molar-refractivity contribution is 6.05. The van der Waals surface area contributed by atoms with Crippen molar-refractivity contribution in [3.05, 3.63) is 42.3 Å². The van der Waals surface area contributed by atoms with Crippen molar-refractivity contribution in [1.82, 2.24) is 4.98 Å². The summed E-state index contributed by atoms with van der Waals surface area (Å²) in [7, 11) is 4.50. The lowest BCUT2D eigenvalue weighted by Gasteiger charge is -2.14. The lowest BCUT2D eigenvalue weighted by atomic mass is 10.1. The Kier molecular flexibility index (Phi) is 4.24. The molecular weight excluding hydrogens is 312 g/mol. The molecule has 3 rings (SSSR count). The van der Waals surface area contributed by atoms with Crippen molar-refractivity contribution in [2.45, 2.75) is 0 Å². The summed E-state index contributed by atoms with van der Waals surface area (Å²) in [5, 5.41) is 2.80. The number of hydrogen-bond acceptors (Lipinski definition) is 6. The number of oxazole rings is 1. The van der Waals surface area contributed by atoms with Crippen LogP contribution in [0.25, 0.3) is 11.1 Å². The molecule has 0 saturated carbocycles. The molecule has 124 valence electrons. The molecule has 0 radical (unpaired) electrons. The SMILES string of the molecule is COc1cc(C(=O)Nc2ccc3ncoc3c2)cc(OC)c1OC. The van der Waals surface area contributed by atoms with Gasteiger partial charge in [-0.25, -0.2) is 4.98 Å². The molecule has 3 aromatic rings. The largest absolute Gasteiger partial charge is 0.493 e. The maximum Gasteiger partial charge on any atom is 0.255 e. The minimum Gasteiger partial charge on any atom is -0.493 e. The number of anilines is 1. The van der Waals surface area contributed by atoms with Crippen LogP contribution in [0.15, 0.2) is 41.1 Å². The van der Waals surface area contributed by atoms with Crippen molar-refractivity contribution in [3.63, 3.8) is 0 Å². The number of amides is 1. The summed E-state index contributed by atoms with van der Waals surface area (Å²) in [6.45, 7) is 0. The number of nitrogens with one attached hydrogen (secondary N) is 1. The fourth-order valence-corrected chi connectivity index (χ4v) is 2.35. The van der Waals surface area contributed by atoms with E-state index < -0.39 is 0 Å². The van der Waals surface area contributed by atoms with Gasteiger partial charge in [-0.1, -0.05) is 0 Å². The molecule has 0 atom stereocenters. The lowest BCUT2D eigenvalue weighted by molar-refractivity contribution is 0.102. The molecule has 0 aliphatic heterocycles. The molecule has 0 aliphatic carbocycles. The van der Waals surface area contributed by atoms with Gasteiger partial charge in [0, 0.05) is 17.3 Å². The molecule has 1 amide bonds. The molecule has 24 heavy (non-hydrogen) atoms. The van der Waals surface area contributed by atoms with Crippen molar-refractivity contribution < 1.29 is 23.4 Å². The molecule has 1 aromatic heterocycles. The normalized spacial score (nSPS) is 10.5. The highest BCUT2D eigenvalue weighted by Gasteiger charge is 2.17. The van der Waals surface area contributed by atoms with Crippen LogP contribution in [-0.4, -0.2) is 32.2 Å². The second-order valence-corrected chi connectivity index (χ2v) is 4.90. The molecule has 0 fully saturated rings. The van der Waals surface area contributed by atoms with E-state index in [4.69, 9.17) is 18.6 Å². The van der Waals surface area contributed by atoms with Gasteiger partial charge in [0.05, 0.1) is 21.3 Å². The van der Waals surface area contributed by atoms with Gasteiger partial charge in [-0.15, -0.1) is 0 Å². The lowest BCUT2D eigenvalue weighted by Crippen LogP contribution is -2.12. The third-order valence-corrected chi connectivity index (χ3v) is 3.52. The highest BCUT2D eigenvalue weighted by Crippen LogP contribution is 2.38. The van der Waals surface area contributed by atoms with E-state index in [0.29, 0.717) is 34.1 Å². The van der Waals surface area contributed by atoms with Crippen molar-refractivity contribution in [2.75, 3.05) is 26.6 Å². The Morgan fingerprint density at radius 3 is 2.38 bits per heavy atom. The second-order valence-electron chi connectivity index (χ2n) is 4.90. The highest BCUT2D eigenvalue weighted by atomic mass is 16.5. The Bertz CT molecular complexity index is 863. The number of ether oxygens (including phenoxy) is 3. The van der Waals surface area contributed by atoms with Crippen LogP contribution in [0, 0.1) is 0 Å². The van der Waals surface area contributed by atoms with Crippen LogP contribution < -0.4 is 19.5 Å². The van der Waals surface area contributed by atoms with E-state index >= 15 is 0 Å². The molecule has 0 bridgehead atoms. The summed E-state index contributed by atoms with van der Waals surface area (Å²) in [5.74, 6) is 0.938. The summed E-state index contributed by atoms with van der Waals surface area (Å²) in [6.07, 6.45) is 1.36. The minimum absolute atomic E-state index is 0.312. The minimum atomic E-state index is -0.312. The van der Waals surface area contributed by atoms with E-state index in [1.54, 1.807) is 30.3 Å². The fourth-order valence-electron chi connectivity index (χ4n) is 2.35. The Balaban J connectivity index is 1.91. The summed E-state index contributed by atoms with van der Waals surface area (Å²) < 4.78 is 21.0. The van der Waals surface area contributed by atoms with E-state index in [9.17, 15) is 4.79 Å². The Morgan fingerprint density at radius 2 is 1.75 bits per heavy atom. The number of hydrogen-bond donors (Lipinski definition) is 1. The van der Waals surface area contributed by atoms with E-state index in [-0.39, 0.29) is 5.91 Å². The molecule has 1 heterocycles. The van der Waals surface area contributed by atoms with Crippen LogP contribution in [0.1, 0.15) is 10.4 Å². The van der Waals surface area contributed by atoms with Gasteiger partial charge in [0.1, 0.15) is 5.52 Å². The molecule has 7 nitrogen and oxygen atoms in total. The van der Waals surface area contributed by atoms with Gasteiger partial charge in [0.25, 0.3) is 5.91 Å². The first kappa shape index (κ1) is 15.7. The van der Waals surface area contributed by atoms with E-state index in [1.165, 1.54) is 27.7 Å². The summed E-state index contributed by atoms with van der Waals surface area (Å²) in [5.41, 5.74) is 2.29. The number of methoxy groups -OCH3 is 3. The maximum atomic E-state index is 12.5. The molecule has 0 unspecified atom stereocenters. The van der Waals surface area contributed by atoms with Gasteiger partial charge < -0.3 is 23.9 Å². The third-order valence-electron chi connectivity index (χ3n) is 3.52. The Labute approximate surface area is 138 Å². The first-order chi connectivity index (χ1) is 11.7. The number of benzene rings is 2. The topological polar surface area (TPSA) is 82.8 Å². The molecule has 0 saturated heterocycles. The summed E-state index contributed by atoms with van der Waals surface area (Å²) in [6, 6.07) is 8.40. The van der Waals surface area contributed by atoms with Crippen molar-refractivity contribution in [2.24, 2.45) is 0 Å². The van der Waals surface area contributed by atoms with E-state index in [2.05, 4.69) is 10.3 Å². The number of rotatable bonds is 5. The molecule has 7 heteroatoms. The molecule has 0 aliphatic rings. The van der Waals surface area contributed by atoms with Crippen LogP contribution in [0.2, 0.25) is 0 Å². The first-order valence-corrected chi connectivity index (χ1v) is 7.11. The van der Waals surface area contributed by atoms with Crippen LogP contribution in [-0.2, 0) is 0 Å². The molecule has 1 N–H and O–H groups in total. The first-order valence-electron chi connectivity index (χ1n) is 7.11. The standard InChI is InChI=1S/C17H16N2O5/c1-21-14-6-10(7-15(22-2)16(14)23-3)17(20)19-11-4-5-12-13(8-11)24-9-18-12/h4-9H,1-3H3,(H,19,20). The predicted octanol–water partition coefficient (Wildman–Crippen LogP) is 3.11. The number of fused-ring (bicyclic) bond motifs is 1. The van der Waals surface area contributed by atoms with Crippen molar-refractivity contribution >= 4 is 22.7 Å². The van der Waals surface area contributed by atoms with Crippen LogP contribution >= 0.6 is 0 Å². The van der Waals surface area contributed by atoms with Gasteiger partial charge in [0.15, 0.2) is 23.5 Å². The predicted molar refractivity (Wildman–Crippen MR) is 88.1 cm³/mol. The zero-order valence-electron chi connectivity index (χ0n) is 13.5. The van der Waals surface area contributed by atoms with Crippen LogP contribution in [0.5, 0.6) is 17.2 Å². The smallest absolute Gasteiger partial charge is 0.255 e. The number of carbonyl (C=O) groups excluding carboxylic acids is 1. The number of aromatic nitrogens is 1. The average molecular weight is 328 g/mol.